The molecule has 0 amide bonds. The average Bonchev–Trinajstić information content (AvgIpc) is 2.22. The summed E-state index contributed by atoms with van der Waals surface area (Å²) in [6.45, 7) is 3.42. The molecule has 3 heteroatoms. The Morgan fingerprint density at radius 1 is 1.50 bits per heavy atom. The molecule has 0 saturated heterocycles. The van der Waals surface area contributed by atoms with Crippen LogP contribution in [0, 0.1) is 23.1 Å². The number of hydrogen-bond donors (Lipinski definition) is 1. The van der Waals surface area contributed by atoms with E-state index in [9.17, 15) is 9.50 Å². The molecule has 0 spiro atoms. The van der Waals surface area contributed by atoms with Crippen LogP contribution in [0.25, 0.3) is 0 Å². The van der Waals surface area contributed by atoms with Gasteiger partial charge in [0, 0.05) is 6.42 Å². The van der Waals surface area contributed by atoms with E-state index in [0.717, 1.165) is 0 Å². The summed E-state index contributed by atoms with van der Waals surface area (Å²) in [7, 11) is 0. The van der Waals surface area contributed by atoms with Crippen LogP contribution in [0.3, 0.4) is 0 Å². The Balaban J connectivity index is 2.89. The summed E-state index contributed by atoms with van der Waals surface area (Å²) in [4.78, 5) is 0. The van der Waals surface area contributed by atoms with Gasteiger partial charge in [0.15, 0.2) is 0 Å². The molecule has 0 radical (unpaired) electrons. The number of halogens is 1. The summed E-state index contributed by atoms with van der Waals surface area (Å²) < 4.78 is 13.4. The summed E-state index contributed by atoms with van der Waals surface area (Å²) >= 11 is 0. The van der Waals surface area contributed by atoms with Crippen molar-refractivity contribution in [3.8, 4) is 6.07 Å². The Bertz CT molecular complexity index is 395. The predicted molar refractivity (Wildman–Crippen MR) is 60.1 cm³/mol. The molecule has 0 saturated carbocycles. The van der Waals surface area contributed by atoms with Gasteiger partial charge in [-0.15, -0.1) is 0 Å². The van der Waals surface area contributed by atoms with E-state index in [1.807, 2.05) is 6.92 Å². The zero-order valence-corrected chi connectivity index (χ0v) is 9.57. The molecule has 1 N–H and O–H groups in total. The number of benzene rings is 1. The minimum absolute atomic E-state index is 0.158. The maximum Gasteiger partial charge on any atom is 0.126 e. The van der Waals surface area contributed by atoms with Crippen LogP contribution < -0.4 is 0 Å². The van der Waals surface area contributed by atoms with Gasteiger partial charge in [0.1, 0.15) is 5.82 Å². The Morgan fingerprint density at radius 3 is 2.62 bits per heavy atom. The lowest BCUT2D eigenvalue weighted by Gasteiger charge is -2.27. The summed E-state index contributed by atoms with van der Waals surface area (Å²) in [6, 6.07) is 8.38. The van der Waals surface area contributed by atoms with E-state index >= 15 is 0 Å². The average molecular weight is 221 g/mol. The molecule has 2 nitrogen and oxygen atoms in total. The van der Waals surface area contributed by atoms with E-state index in [0.29, 0.717) is 12.0 Å². The largest absolute Gasteiger partial charge is 0.388 e. The third-order valence-electron chi connectivity index (χ3n) is 2.82. The van der Waals surface area contributed by atoms with Crippen LogP contribution in [0.2, 0.25) is 0 Å². The smallest absolute Gasteiger partial charge is 0.126 e. The van der Waals surface area contributed by atoms with Gasteiger partial charge in [-0.1, -0.05) is 25.1 Å². The molecular weight excluding hydrogens is 205 g/mol. The Kier molecular flexibility index (Phi) is 4.03. The van der Waals surface area contributed by atoms with Crippen LogP contribution in [0.5, 0.6) is 0 Å². The lowest BCUT2D eigenvalue weighted by Crippen LogP contribution is -2.36. The van der Waals surface area contributed by atoms with Crippen molar-refractivity contribution in [2.75, 3.05) is 0 Å². The second-order valence-corrected chi connectivity index (χ2v) is 4.22. The minimum atomic E-state index is -1.19. The molecule has 2 unspecified atom stereocenters. The van der Waals surface area contributed by atoms with Crippen LogP contribution in [0.4, 0.5) is 4.39 Å². The van der Waals surface area contributed by atoms with Crippen LogP contribution >= 0.6 is 0 Å². The highest BCUT2D eigenvalue weighted by molar-refractivity contribution is 5.20. The van der Waals surface area contributed by atoms with Crippen LogP contribution in [-0.4, -0.2) is 10.7 Å². The first-order valence-corrected chi connectivity index (χ1v) is 5.36. The van der Waals surface area contributed by atoms with Gasteiger partial charge in [-0.25, -0.2) is 4.39 Å². The fourth-order valence-corrected chi connectivity index (χ4v) is 1.82. The lowest BCUT2D eigenvalue weighted by molar-refractivity contribution is 0.0190. The molecule has 0 fully saturated rings. The molecule has 0 aliphatic carbocycles. The zero-order valence-electron chi connectivity index (χ0n) is 9.57. The molecule has 1 rings (SSSR count). The third-order valence-corrected chi connectivity index (χ3v) is 2.82. The Hall–Kier alpha value is -1.40. The highest BCUT2D eigenvalue weighted by atomic mass is 19.1. The number of hydrogen-bond acceptors (Lipinski definition) is 2. The van der Waals surface area contributed by atoms with Crippen molar-refractivity contribution in [2.24, 2.45) is 5.92 Å². The van der Waals surface area contributed by atoms with E-state index < -0.39 is 11.5 Å². The first-order chi connectivity index (χ1) is 7.51. The van der Waals surface area contributed by atoms with Gasteiger partial charge in [0.25, 0.3) is 0 Å². The lowest BCUT2D eigenvalue weighted by atomic mass is 9.83. The third kappa shape index (κ3) is 2.80. The van der Waals surface area contributed by atoms with Crippen molar-refractivity contribution in [3.63, 3.8) is 0 Å². The van der Waals surface area contributed by atoms with Crippen LogP contribution in [-0.2, 0) is 6.42 Å². The topological polar surface area (TPSA) is 44.0 Å². The zero-order chi connectivity index (χ0) is 12.2. The first kappa shape index (κ1) is 12.7. The molecule has 1 aromatic carbocycles. The number of nitrogens with zero attached hydrogens (tertiary/aromatic N) is 1. The Labute approximate surface area is 95.3 Å². The van der Waals surface area contributed by atoms with Crippen molar-refractivity contribution < 1.29 is 9.50 Å². The van der Waals surface area contributed by atoms with Crippen molar-refractivity contribution >= 4 is 0 Å². The van der Waals surface area contributed by atoms with Gasteiger partial charge in [0.05, 0.1) is 17.6 Å². The van der Waals surface area contributed by atoms with Crippen LogP contribution in [0.1, 0.15) is 25.8 Å². The highest BCUT2D eigenvalue weighted by Crippen LogP contribution is 2.25. The van der Waals surface area contributed by atoms with Crippen molar-refractivity contribution in [1.82, 2.24) is 0 Å². The number of aliphatic hydroxyl groups is 1. The number of rotatable bonds is 4. The fraction of sp³-hybridized carbons (Fsp3) is 0.462. The predicted octanol–water partition coefficient (Wildman–Crippen LogP) is 2.67. The van der Waals surface area contributed by atoms with Gasteiger partial charge >= 0.3 is 0 Å². The van der Waals surface area contributed by atoms with Gasteiger partial charge in [0.2, 0.25) is 0 Å². The quantitative estimate of drug-likeness (QED) is 0.849. The van der Waals surface area contributed by atoms with E-state index in [-0.39, 0.29) is 12.2 Å². The molecule has 0 aromatic heterocycles. The fourth-order valence-electron chi connectivity index (χ4n) is 1.82. The summed E-state index contributed by atoms with van der Waals surface area (Å²) in [5.41, 5.74) is -0.743. The van der Waals surface area contributed by atoms with E-state index in [1.54, 1.807) is 25.1 Å². The molecule has 0 aliphatic rings. The second kappa shape index (κ2) is 5.09. The highest BCUT2D eigenvalue weighted by Gasteiger charge is 2.31. The molecule has 16 heavy (non-hydrogen) atoms. The van der Waals surface area contributed by atoms with Crippen molar-refractivity contribution in [2.45, 2.75) is 32.3 Å². The van der Waals surface area contributed by atoms with Gasteiger partial charge in [-0.3, -0.25) is 0 Å². The van der Waals surface area contributed by atoms with Gasteiger partial charge in [-0.2, -0.15) is 5.26 Å². The summed E-state index contributed by atoms with van der Waals surface area (Å²) in [5, 5.41) is 19.1. The molecular formula is C13H16FNO. The second-order valence-electron chi connectivity index (χ2n) is 4.22. The molecule has 86 valence electrons. The van der Waals surface area contributed by atoms with E-state index in [2.05, 4.69) is 6.07 Å². The SMILES string of the molecule is CCC(C#N)C(C)(O)Cc1ccccc1F. The van der Waals surface area contributed by atoms with Gasteiger partial charge < -0.3 is 5.11 Å². The minimum Gasteiger partial charge on any atom is -0.388 e. The van der Waals surface area contributed by atoms with Crippen molar-refractivity contribution in [1.29, 1.82) is 5.26 Å². The maximum atomic E-state index is 13.4. The first-order valence-electron chi connectivity index (χ1n) is 5.36. The van der Waals surface area contributed by atoms with E-state index in [1.165, 1.54) is 6.07 Å². The normalized spacial score (nSPS) is 16.2. The molecule has 1 aromatic rings. The summed E-state index contributed by atoms with van der Waals surface area (Å²) in [5.74, 6) is -0.817. The van der Waals surface area contributed by atoms with Gasteiger partial charge in [-0.05, 0) is 25.0 Å². The van der Waals surface area contributed by atoms with E-state index in [4.69, 9.17) is 5.26 Å². The molecule has 0 aliphatic heterocycles. The number of nitriles is 1. The Morgan fingerprint density at radius 2 is 2.12 bits per heavy atom. The monoisotopic (exact) mass is 221 g/mol. The molecule has 2 atom stereocenters. The van der Waals surface area contributed by atoms with Crippen LogP contribution in [0.15, 0.2) is 24.3 Å². The standard InChI is InChI=1S/C13H16FNO/c1-3-11(9-15)13(2,16)8-10-6-4-5-7-12(10)14/h4-7,11,16H,3,8H2,1-2H3. The molecule has 0 bridgehead atoms. The molecule has 0 heterocycles. The maximum absolute atomic E-state index is 13.4. The summed E-state index contributed by atoms with van der Waals surface area (Å²) in [6.07, 6.45) is 0.712. The van der Waals surface area contributed by atoms with Crippen molar-refractivity contribution in [3.05, 3.63) is 35.6 Å².